The van der Waals surface area contributed by atoms with Gasteiger partial charge in [-0.05, 0) is 38.6 Å². The van der Waals surface area contributed by atoms with Crippen LogP contribution >= 0.6 is 11.3 Å². The molecule has 0 bridgehead atoms. The molecule has 1 aromatic rings. The van der Waals surface area contributed by atoms with E-state index in [2.05, 4.69) is 4.90 Å². The van der Waals surface area contributed by atoms with Crippen LogP contribution in [0.5, 0.6) is 0 Å². The SMILES string of the molecule is CN1CCCC1CN(C)S(=O)(=O)c1ccc(C#N)s1. The molecular formula is C12H17N3O2S2. The molecule has 1 atom stereocenters. The van der Waals surface area contributed by atoms with Gasteiger partial charge in [-0.25, -0.2) is 8.42 Å². The maximum Gasteiger partial charge on any atom is 0.252 e. The summed E-state index contributed by atoms with van der Waals surface area (Å²) in [6.07, 6.45) is 2.15. The Bertz CT molecular complexity index is 588. The summed E-state index contributed by atoms with van der Waals surface area (Å²) in [5, 5.41) is 8.77. The molecule has 5 nitrogen and oxygen atoms in total. The zero-order valence-electron chi connectivity index (χ0n) is 11.0. The van der Waals surface area contributed by atoms with Crippen LogP contribution in [0.15, 0.2) is 16.3 Å². The maximum absolute atomic E-state index is 12.4. The lowest BCUT2D eigenvalue weighted by atomic mass is 10.2. The summed E-state index contributed by atoms with van der Waals surface area (Å²) >= 11 is 1.02. The van der Waals surface area contributed by atoms with Crippen molar-refractivity contribution in [2.45, 2.75) is 23.1 Å². The van der Waals surface area contributed by atoms with Crippen molar-refractivity contribution in [2.24, 2.45) is 0 Å². The van der Waals surface area contributed by atoms with E-state index in [0.29, 0.717) is 11.4 Å². The molecular weight excluding hydrogens is 282 g/mol. The molecule has 0 amide bonds. The molecule has 1 saturated heterocycles. The van der Waals surface area contributed by atoms with Gasteiger partial charge in [-0.15, -0.1) is 11.3 Å². The summed E-state index contributed by atoms with van der Waals surface area (Å²) in [7, 11) is 0.164. The molecule has 19 heavy (non-hydrogen) atoms. The molecule has 2 heterocycles. The summed E-state index contributed by atoms with van der Waals surface area (Å²) in [6, 6.07) is 5.31. The number of likely N-dealkylation sites (tertiary alicyclic amines) is 1. The molecule has 0 spiro atoms. The molecule has 1 fully saturated rings. The fourth-order valence-corrected chi connectivity index (χ4v) is 4.80. The summed E-state index contributed by atoms with van der Waals surface area (Å²) in [5.74, 6) is 0. The average Bonchev–Trinajstić information content (AvgIpc) is 2.99. The van der Waals surface area contributed by atoms with Crippen LogP contribution in [0.2, 0.25) is 0 Å². The van der Waals surface area contributed by atoms with Gasteiger partial charge >= 0.3 is 0 Å². The maximum atomic E-state index is 12.4. The van der Waals surface area contributed by atoms with Crippen molar-refractivity contribution in [3.8, 4) is 6.07 Å². The lowest BCUT2D eigenvalue weighted by molar-refractivity contribution is 0.271. The molecule has 1 unspecified atom stereocenters. The van der Waals surface area contributed by atoms with E-state index >= 15 is 0 Å². The first-order chi connectivity index (χ1) is 8.95. The van der Waals surface area contributed by atoms with Gasteiger partial charge in [0.2, 0.25) is 0 Å². The van der Waals surface area contributed by atoms with E-state index in [1.807, 2.05) is 13.1 Å². The highest BCUT2D eigenvalue weighted by Crippen LogP contribution is 2.25. The molecule has 0 aliphatic carbocycles. The van der Waals surface area contributed by atoms with Gasteiger partial charge in [0.25, 0.3) is 10.0 Å². The minimum absolute atomic E-state index is 0.243. The van der Waals surface area contributed by atoms with Crippen molar-refractivity contribution in [1.29, 1.82) is 5.26 Å². The molecule has 1 aliphatic rings. The van der Waals surface area contributed by atoms with Gasteiger partial charge < -0.3 is 4.90 Å². The fourth-order valence-electron chi connectivity index (χ4n) is 2.28. The van der Waals surface area contributed by atoms with Crippen LogP contribution in [0.3, 0.4) is 0 Å². The Kier molecular flexibility index (Phi) is 4.26. The summed E-state index contributed by atoms with van der Waals surface area (Å²) in [6.45, 7) is 1.52. The minimum Gasteiger partial charge on any atom is -0.302 e. The van der Waals surface area contributed by atoms with Crippen LogP contribution in [0.1, 0.15) is 17.7 Å². The predicted octanol–water partition coefficient (Wildman–Crippen LogP) is 1.33. The van der Waals surface area contributed by atoms with Crippen LogP contribution < -0.4 is 0 Å². The lowest BCUT2D eigenvalue weighted by Crippen LogP contribution is -2.39. The predicted molar refractivity (Wildman–Crippen MR) is 74.5 cm³/mol. The van der Waals surface area contributed by atoms with Crippen molar-refractivity contribution in [3.63, 3.8) is 0 Å². The fraction of sp³-hybridized carbons (Fsp3) is 0.583. The van der Waals surface area contributed by atoms with Gasteiger partial charge in [-0.1, -0.05) is 0 Å². The first-order valence-corrected chi connectivity index (χ1v) is 8.37. The zero-order valence-corrected chi connectivity index (χ0v) is 12.7. The molecule has 0 aromatic carbocycles. The van der Waals surface area contributed by atoms with Crippen molar-refractivity contribution in [1.82, 2.24) is 9.21 Å². The van der Waals surface area contributed by atoms with Gasteiger partial charge in [-0.2, -0.15) is 9.57 Å². The Morgan fingerprint density at radius 2 is 2.32 bits per heavy atom. The summed E-state index contributed by atoms with van der Waals surface area (Å²) < 4.78 is 26.4. The van der Waals surface area contributed by atoms with E-state index in [-0.39, 0.29) is 10.3 Å². The Morgan fingerprint density at radius 1 is 1.58 bits per heavy atom. The Hall–Kier alpha value is -0.940. The minimum atomic E-state index is -3.47. The van der Waals surface area contributed by atoms with E-state index < -0.39 is 10.0 Å². The third kappa shape index (κ3) is 2.98. The number of hydrogen-bond donors (Lipinski definition) is 0. The average molecular weight is 299 g/mol. The third-order valence-electron chi connectivity index (χ3n) is 3.50. The van der Waals surface area contributed by atoms with E-state index in [4.69, 9.17) is 5.26 Å². The highest BCUT2D eigenvalue weighted by Gasteiger charge is 2.28. The molecule has 1 aromatic heterocycles. The van der Waals surface area contributed by atoms with E-state index in [9.17, 15) is 8.42 Å². The lowest BCUT2D eigenvalue weighted by Gasteiger charge is -2.24. The van der Waals surface area contributed by atoms with E-state index in [0.717, 1.165) is 30.7 Å². The third-order valence-corrected chi connectivity index (χ3v) is 6.78. The van der Waals surface area contributed by atoms with Crippen molar-refractivity contribution in [2.75, 3.05) is 27.2 Å². The first-order valence-electron chi connectivity index (χ1n) is 6.11. The van der Waals surface area contributed by atoms with Gasteiger partial charge in [0.1, 0.15) is 15.2 Å². The Morgan fingerprint density at radius 3 is 2.84 bits per heavy atom. The van der Waals surface area contributed by atoms with Gasteiger partial charge in [-0.3, -0.25) is 0 Å². The van der Waals surface area contributed by atoms with E-state index in [1.165, 1.54) is 10.4 Å². The molecule has 104 valence electrons. The Balaban J connectivity index is 2.13. The number of rotatable bonds is 4. The second-order valence-electron chi connectivity index (χ2n) is 4.79. The van der Waals surface area contributed by atoms with Crippen LogP contribution in [-0.2, 0) is 10.0 Å². The molecule has 2 rings (SSSR count). The van der Waals surface area contributed by atoms with Crippen LogP contribution in [0.4, 0.5) is 0 Å². The Labute approximate surface area is 118 Å². The summed E-state index contributed by atoms with van der Waals surface area (Å²) in [4.78, 5) is 2.62. The van der Waals surface area contributed by atoms with Gasteiger partial charge in [0.15, 0.2) is 0 Å². The van der Waals surface area contributed by atoms with Crippen LogP contribution in [-0.4, -0.2) is 50.8 Å². The van der Waals surface area contributed by atoms with Gasteiger partial charge in [0, 0.05) is 19.6 Å². The quantitative estimate of drug-likeness (QED) is 0.841. The first kappa shape index (κ1) is 14.5. The zero-order chi connectivity index (χ0) is 14.0. The molecule has 0 N–H and O–H groups in total. The second kappa shape index (κ2) is 5.59. The van der Waals surface area contributed by atoms with Crippen molar-refractivity contribution >= 4 is 21.4 Å². The van der Waals surface area contributed by atoms with Gasteiger partial charge in [0.05, 0.1) is 0 Å². The highest BCUT2D eigenvalue weighted by molar-refractivity contribution is 7.91. The number of thiophene rings is 1. The van der Waals surface area contributed by atoms with Crippen LogP contribution in [0, 0.1) is 11.3 Å². The smallest absolute Gasteiger partial charge is 0.252 e. The molecule has 0 saturated carbocycles. The molecule has 1 aliphatic heterocycles. The number of sulfonamides is 1. The molecule has 7 heteroatoms. The van der Waals surface area contributed by atoms with E-state index in [1.54, 1.807) is 13.1 Å². The number of nitriles is 1. The number of hydrogen-bond acceptors (Lipinski definition) is 5. The molecule has 0 radical (unpaired) electrons. The van der Waals surface area contributed by atoms with Crippen molar-refractivity contribution < 1.29 is 8.42 Å². The normalized spacial score (nSPS) is 20.8. The number of likely N-dealkylation sites (N-methyl/N-ethyl adjacent to an activating group) is 2. The summed E-state index contributed by atoms with van der Waals surface area (Å²) in [5.41, 5.74) is 0. The standard InChI is InChI=1S/C12H17N3O2S2/c1-14-7-3-4-10(14)9-15(2)19(16,17)12-6-5-11(8-13)18-12/h5-6,10H,3-4,7,9H2,1-2H3. The number of nitrogens with zero attached hydrogens (tertiary/aromatic N) is 3. The monoisotopic (exact) mass is 299 g/mol. The second-order valence-corrected chi connectivity index (χ2v) is 8.15. The largest absolute Gasteiger partial charge is 0.302 e. The highest BCUT2D eigenvalue weighted by atomic mass is 32.2. The van der Waals surface area contributed by atoms with Crippen molar-refractivity contribution in [3.05, 3.63) is 17.0 Å². The van der Waals surface area contributed by atoms with Crippen LogP contribution in [0.25, 0.3) is 0 Å². The topological polar surface area (TPSA) is 64.4 Å².